The van der Waals surface area contributed by atoms with Crippen LogP contribution in [0.2, 0.25) is 0 Å². The minimum Gasteiger partial charge on any atom is -0.357 e. The molecule has 28 heavy (non-hydrogen) atoms. The van der Waals surface area contributed by atoms with E-state index in [0.717, 1.165) is 37.6 Å². The van der Waals surface area contributed by atoms with Crippen molar-refractivity contribution in [3.63, 3.8) is 0 Å². The average molecular weight is 492 g/mol. The van der Waals surface area contributed by atoms with Crippen molar-refractivity contribution in [2.75, 3.05) is 13.1 Å². The molecule has 1 fully saturated rings. The average Bonchev–Trinajstić information content (AvgIpc) is 3.10. The van der Waals surface area contributed by atoms with Gasteiger partial charge in [0.25, 0.3) is 0 Å². The van der Waals surface area contributed by atoms with E-state index in [2.05, 4.69) is 47.9 Å². The molecule has 0 bridgehead atoms. The molecule has 0 unspecified atom stereocenters. The first-order valence-electron chi connectivity index (χ1n) is 9.66. The number of carbonyl (C=O) groups is 1. The van der Waals surface area contributed by atoms with Gasteiger partial charge >= 0.3 is 0 Å². The summed E-state index contributed by atoms with van der Waals surface area (Å²) in [7, 11) is 0. The van der Waals surface area contributed by atoms with Crippen LogP contribution in [0.5, 0.6) is 0 Å². The topological polar surface area (TPSA) is 56.7 Å². The van der Waals surface area contributed by atoms with Gasteiger partial charge in [-0.2, -0.15) is 0 Å². The lowest BCUT2D eigenvalue weighted by Crippen LogP contribution is -2.36. The van der Waals surface area contributed by atoms with E-state index in [4.69, 9.17) is 4.99 Å². The van der Waals surface area contributed by atoms with Crippen LogP contribution in [-0.4, -0.2) is 29.9 Å². The summed E-state index contributed by atoms with van der Waals surface area (Å²) in [5.74, 6) is 1.07. The normalized spacial score (nSPS) is 14.0. The largest absolute Gasteiger partial charge is 0.357 e. The molecule has 1 heterocycles. The zero-order chi connectivity index (χ0) is 18.9. The molecule has 150 valence electrons. The van der Waals surface area contributed by atoms with Crippen LogP contribution in [0, 0.1) is 0 Å². The van der Waals surface area contributed by atoms with Crippen molar-refractivity contribution < 1.29 is 4.79 Å². The summed E-state index contributed by atoms with van der Waals surface area (Å²) in [5.41, 5.74) is 3.54. The summed E-state index contributed by atoms with van der Waals surface area (Å²) in [6.07, 6.45) is 1.66. The molecular formula is C22H29IN4O. The first-order chi connectivity index (χ1) is 13.2. The zero-order valence-electron chi connectivity index (χ0n) is 16.4. The number of amides is 1. The second kappa shape index (κ2) is 11.7. The third-order valence-electron chi connectivity index (χ3n) is 4.60. The lowest BCUT2D eigenvalue weighted by atomic mass is 10.1. The zero-order valence-corrected chi connectivity index (χ0v) is 18.7. The van der Waals surface area contributed by atoms with Crippen molar-refractivity contribution in [3.05, 3.63) is 71.3 Å². The number of aliphatic imine (C=N–C) groups is 1. The van der Waals surface area contributed by atoms with E-state index in [-0.39, 0.29) is 29.9 Å². The molecule has 1 amide bonds. The first-order valence-corrected chi connectivity index (χ1v) is 9.66. The maximum absolute atomic E-state index is 11.8. The highest BCUT2D eigenvalue weighted by atomic mass is 127. The molecule has 2 N–H and O–H groups in total. The van der Waals surface area contributed by atoms with E-state index in [0.29, 0.717) is 19.5 Å². The summed E-state index contributed by atoms with van der Waals surface area (Å²) in [6.45, 7) is 5.79. The molecule has 0 radical (unpaired) electrons. The van der Waals surface area contributed by atoms with E-state index in [9.17, 15) is 4.79 Å². The van der Waals surface area contributed by atoms with Gasteiger partial charge in [0.05, 0.1) is 6.54 Å². The lowest BCUT2D eigenvalue weighted by molar-refractivity contribution is -0.128. The van der Waals surface area contributed by atoms with Crippen LogP contribution >= 0.6 is 24.0 Å². The number of nitrogens with zero attached hydrogens (tertiary/aromatic N) is 2. The van der Waals surface area contributed by atoms with Crippen molar-refractivity contribution >= 4 is 35.8 Å². The number of hydrogen-bond donors (Lipinski definition) is 2. The molecule has 6 heteroatoms. The van der Waals surface area contributed by atoms with Crippen molar-refractivity contribution in [3.8, 4) is 0 Å². The Morgan fingerprint density at radius 2 is 1.79 bits per heavy atom. The molecule has 3 rings (SSSR count). The van der Waals surface area contributed by atoms with Gasteiger partial charge in [0, 0.05) is 32.6 Å². The predicted octanol–water partition coefficient (Wildman–Crippen LogP) is 3.68. The molecule has 5 nitrogen and oxygen atoms in total. The van der Waals surface area contributed by atoms with Crippen LogP contribution in [0.15, 0.2) is 59.6 Å². The Hall–Kier alpha value is -2.09. The number of benzene rings is 2. The highest BCUT2D eigenvalue weighted by Gasteiger charge is 2.19. The monoisotopic (exact) mass is 492 g/mol. The van der Waals surface area contributed by atoms with Crippen molar-refractivity contribution in [2.45, 2.75) is 39.4 Å². The Morgan fingerprint density at radius 1 is 1.04 bits per heavy atom. The number of rotatable bonds is 7. The summed E-state index contributed by atoms with van der Waals surface area (Å²) >= 11 is 0. The number of guanidine groups is 1. The summed E-state index contributed by atoms with van der Waals surface area (Å²) in [5, 5.41) is 6.66. The molecule has 2 aromatic carbocycles. The highest BCUT2D eigenvalue weighted by Crippen LogP contribution is 2.15. The van der Waals surface area contributed by atoms with Crippen LogP contribution in [0.4, 0.5) is 0 Å². The van der Waals surface area contributed by atoms with E-state index < -0.39 is 0 Å². The minimum absolute atomic E-state index is 0. The van der Waals surface area contributed by atoms with Crippen LogP contribution in [-0.2, 0) is 24.4 Å². The maximum atomic E-state index is 11.8. The van der Waals surface area contributed by atoms with E-state index in [1.54, 1.807) is 0 Å². The van der Waals surface area contributed by atoms with Crippen molar-refractivity contribution in [1.82, 2.24) is 15.5 Å². The maximum Gasteiger partial charge on any atom is 0.222 e. The van der Waals surface area contributed by atoms with Gasteiger partial charge in [-0.25, -0.2) is 4.99 Å². The number of carbonyl (C=O) groups excluding carboxylic acids is 1. The Balaban J connectivity index is 0.00000280. The van der Waals surface area contributed by atoms with Gasteiger partial charge in [-0.1, -0.05) is 54.6 Å². The highest BCUT2D eigenvalue weighted by molar-refractivity contribution is 14.0. The molecule has 1 saturated heterocycles. The van der Waals surface area contributed by atoms with E-state index in [1.807, 2.05) is 29.2 Å². The SMILES string of the molecule is CCNC(=NCc1cccc(CN2CCCC2=O)c1)NCc1ccccc1.I. The number of hydrogen-bond acceptors (Lipinski definition) is 2. The molecule has 2 aromatic rings. The van der Waals surface area contributed by atoms with Gasteiger partial charge in [0.1, 0.15) is 0 Å². The van der Waals surface area contributed by atoms with Gasteiger partial charge in [-0.15, -0.1) is 24.0 Å². The van der Waals surface area contributed by atoms with Crippen LogP contribution < -0.4 is 10.6 Å². The minimum atomic E-state index is 0. The van der Waals surface area contributed by atoms with E-state index >= 15 is 0 Å². The second-order valence-electron chi connectivity index (χ2n) is 6.77. The lowest BCUT2D eigenvalue weighted by Gasteiger charge is -2.16. The van der Waals surface area contributed by atoms with Crippen molar-refractivity contribution in [2.24, 2.45) is 4.99 Å². The van der Waals surface area contributed by atoms with Gasteiger partial charge < -0.3 is 15.5 Å². The Kier molecular flexibility index (Phi) is 9.27. The molecule has 1 aliphatic rings. The standard InChI is InChI=1S/C22H28N4O.HI/c1-2-23-22(24-15-18-8-4-3-5-9-18)25-16-19-10-6-11-20(14-19)17-26-13-7-12-21(26)27;/h3-6,8-11,14H,2,7,12-13,15-17H2,1H3,(H2,23,24,25);1H. The smallest absolute Gasteiger partial charge is 0.222 e. The third kappa shape index (κ3) is 6.82. The number of halogens is 1. The Bertz CT molecular complexity index is 779. The fraction of sp³-hybridized carbons (Fsp3) is 0.364. The van der Waals surface area contributed by atoms with Crippen LogP contribution in [0.3, 0.4) is 0 Å². The molecule has 0 saturated carbocycles. The van der Waals surface area contributed by atoms with Gasteiger partial charge in [-0.3, -0.25) is 4.79 Å². The molecule has 1 aliphatic heterocycles. The predicted molar refractivity (Wildman–Crippen MR) is 125 cm³/mol. The fourth-order valence-corrected chi connectivity index (χ4v) is 3.21. The summed E-state index contributed by atoms with van der Waals surface area (Å²) in [4.78, 5) is 18.5. The van der Waals surface area contributed by atoms with E-state index in [1.165, 1.54) is 11.1 Å². The molecule has 0 aromatic heterocycles. The quantitative estimate of drug-likeness (QED) is 0.352. The van der Waals surface area contributed by atoms with Gasteiger partial charge in [0.2, 0.25) is 5.91 Å². The van der Waals surface area contributed by atoms with Crippen LogP contribution in [0.25, 0.3) is 0 Å². The summed E-state index contributed by atoms with van der Waals surface area (Å²) in [6, 6.07) is 18.7. The Morgan fingerprint density at radius 3 is 2.50 bits per heavy atom. The first kappa shape index (κ1) is 22.2. The molecule has 0 atom stereocenters. The second-order valence-corrected chi connectivity index (χ2v) is 6.77. The summed E-state index contributed by atoms with van der Waals surface area (Å²) < 4.78 is 0. The Labute approximate surface area is 184 Å². The van der Waals surface area contributed by atoms with Gasteiger partial charge in [0.15, 0.2) is 5.96 Å². The molecular weight excluding hydrogens is 463 g/mol. The third-order valence-corrected chi connectivity index (χ3v) is 4.60. The van der Waals surface area contributed by atoms with Gasteiger partial charge in [-0.05, 0) is 30.0 Å². The van der Waals surface area contributed by atoms with Crippen molar-refractivity contribution in [1.29, 1.82) is 0 Å². The number of nitrogens with one attached hydrogen (secondary N) is 2. The van der Waals surface area contributed by atoms with Crippen LogP contribution in [0.1, 0.15) is 36.5 Å². The molecule has 0 spiro atoms. The number of likely N-dealkylation sites (tertiary alicyclic amines) is 1. The molecule has 0 aliphatic carbocycles. The fourth-order valence-electron chi connectivity index (χ4n) is 3.21.